The van der Waals surface area contributed by atoms with Crippen molar-refractivity contribution in [3.8, 4) is 11.3 Å². The third-order valence-electron chi connectivity index (χ3n) is 4.77. The molecule has 2 heterocycles. The van der Waals surface area contributed by atoms with Gasteiger partial charge in [-0.2, -0.15) is 0 Å². The minimum absolute atomic E-state index is 0.0243. The Morgan fingerprint density at radius 1 is 1.24 bits per heavy atom. The fourth-order valence-corrected chi connectivity index (χ4v) is 3.73. The minimum atomic E-state index is -0.0243. The summed E-state index contributed by atoms with van der Waals surface area (Å²) in [5, 5.41) is 5.06. The molecule has 2 aromatic rings. The van der Waals surface area contributed by atoms with Crippen LogP contribution in [0.4, 0.5) is 10.5 Å². The van der Waals surface area contributed by atoms with Crippen LogP contribution in [0.15, 0.2) is 35.2 Å². The van der Waals surface area contributed by atoms with Crippen molar-refractivity contribution in [1.29, 1.82) is 0 Å². The monoisotopic (exact) mass is 357 g/mol. The summed E-state index contributed by atoms with van der Waals surface area (Å²) in [6, 6.07) is 7.84. The predicted molar refractivity (Wildman–Crippen MR) is 99.8 cm³/mol. The van der Waals surface area contributed by atoms with Crippen LogP contribution in [0, 0.1) is 5.92 Å². The van der Waals surface area contributed by atoms with Crippen LogP contribution in [0.25, 0.3) is 11.3 Å². The third kappa shape index (κ3) is 4.38. The van der Waals surface area contributed by atoms with E-state index in [4.69, 9.17) is 4.74 Å². The van der Waals surface area contributed by atoms with Crippen molar-refractivity contribution in [2.75, 3.05) is 25.0 Å². The summed E-state index contributed by atoms with van der Waals surface area (Å²) >= 11 is 1.58. The van der Waals surface area contributed by atoms with Gasteiger partial charge in [-0.05, 0) is 43.7 Å². The van der Waals surface area contributed by atoms with Crippen LogP contribution in [0.5, 0.6) is 0 Å². The first-order valence-electron chi connectivity index (χ1n) is 8.94. The molecule has 0 spiro atoms. The summed E-state index contributed by atoms with van der Waals surface area (Å²) in [5.74, 6) is 0.666. The Morgan fingerprint density at radius 2 is 2.08 bits per heavy atom. The first kappa shape index (κ1) is 16.5. The molecule has 25 heavy (non-hydrogen) atoms. The van der Waals surface area contributed by atoms with Crippen LogP contribution in [-0.4, -0.2) is 41.7 Å². The molecule has 0 radical (unpaired) electrons. The Kier molecular flexibility index (Phi) is 4.99. The van der Waals surface area contributed by atoms with Gasteiger partial charge >= 0.3 is 6.03 Å². The van der Waals surface area contributed by atoms with Crippen molar-refractivity contribution in [3.05, 3.63) is 35.2 Å². The van der Waals surface area contributed by atoms with Crippen LogP contribution in [0.1, 0.15) is 25.7 Å². The molecule has 1 aromatic heterocycles. The van der Waals surface area contributed by atoms with E-state index in [1.807, 2.05) is 40.1 Å². The van der Waals surface area contributed by atoms with E-state index in [0.29, 0.717) is 12.5 Å². The second-order valence-corrected chi connectivity index (χ2v) is 7.58. The Labute approximate surface area is 152 Å². The average molecular weight is 357 g/mol. The summed E-state index contributed by atoms with van der Waals surface area (Å²) in [4.78, 5) is 19.0. The highest BCUT2D eigenvalue weighted by molar-refractivity contribution is 7.07. The Hall–Kier alpha value is -1.92. The maximum absolute atomic E-state index is 12.7. The van der Waals surface area contributed by atoms with Gasteiger partial charge in [-0.3, -0.25) is 0 Å². The van der Waals surface area contributed by atoms with Gasteiger partial charge in [0.2, 0.25) is 0 Å². The van der Waals surface area contributed by atoms with Crippen molar-refractivity contribution < 1.29 is 9.53 Å². The van der Waals surface area contributed by atoms with Gasteiger partial charge in [-0.1, -0.05) is 12.1 Å². The highest BCUT2D eigenvalue weighted by atomic mass is 32.1. The average Bonchev–Trinajstić information content (AvgIpc) is 3.08. The SMILES string of the molecule is O=C(Nc1ccc(-c2cscn2)cc1)N(CC1CC1)C[C@@H]1CCCO1. The van der Waals surface area contributed by atoms with Crippen LogP contribution in [0.2, 0.25) is 0 Å². The molecule has 132 valence electrons. The number of nitrogens with zero attached hydrogens (tertiary/aromatic N) is 2. The number of nitrogens with one attached hydrogen (secondary N) is 1. The molecular weight excluding hydrogens is 334 g/mol. The molecule has 1 saturated carbocycles. The summed E-state index contributed by atoms with van der Waals surface area (Å²) in [6.07, 6.45) is 4.81. The molecule has 6 heteroatoms. The highest BCUT2D eigenvalue weighted by Gasteiger charge is 2.29. The van der Waals surface area contributed by atoms with E-state index in [0.717, 1.165) is 42.9 Å². The third-order valence-corrected chi connectivity index (χ3v) is 5.36. The lowest BCUT2D eigenvalue weighted by Crippen LogP contribution is -2.41. The van der Waals surface area contributed by atoms with Gasteiger partial charge in [0.25, 0.3) is 0 Å². The molecule has 0 bridgehead atoms. The number of amides is 2. The van der Waals surface area contributed by atoms with Gasteiger partial charge in [-0.15, -0.1) is 11.3 Å². The molecule has 2 aliphatic rings. The van der Waals surface area contributed by atoms with E-state index in [1.165, 1.54) is 12.8 Å². The number of carbonyl (C=O) groups excluding carboxylic acids is 1. The van der Waals surface area contributed by atoms with Crippen molar-refractivity contribution in [2.24, 2.45) is 5.92 Å². The van der Waals surface area contributed by atoms with E-state index in [-0.39, 0.29) is 12.1 Å². The predicted octanol–water partition coefficient (Wildman–Crippen LogP) is 4.23. The van der Waals surface area contributed by atoms with Crippen molar-refractivity contribution in [2.45, 2.75) is 31.8 Å². The molecule has 1 atom stereocenters. The summed E-state index contributed by atoms with van der Waals surface area (Å²) in [7, 11) is 0. The molecule has 1 N–H and O–H groups in total. The Balaban J connectivity index is 1.39. The molecule has 1 aliphatic carbocycles. The maximum atomic E-state index is 12.7. The quantitative estimate of drug-likeness (QED) is 0.841. The lowest BCUT2D eigenvalue weighted by atomic mass is 10.1. The lowest BCUT2D eigenvalue weighted by molar-refractivity contribution is 0.0825. The highest BCUT2D eigenvalue weighted by Crippen LogP contribution is 2.30. The fourth-order valence-electron chi connectivity index (χ4n) is 3.17. The van der Waals surface area contributed by atoms with E-state index in [1.54, 1.807) is 11.3 Å². The molecule has 1 saturated heterocycles. The molecule has 1 aliphatic heterocycles. The number of thiazole rings is 1. The number of carbonyl (C=O) groups is 1. The maximum Gasteiger partial charge on any atom is 0.321 e. The standard InChI is InChI=1S/C19H23N3O2S/c23-19(22(10-14-3-4-14)11-17-2-1-9-24-17)21-16-7-5-15(6-8-16)18-12-25-13-20-18/h5-8,12-14,17H,1-4,9-11H2,(H,21,23)/t17-/m0/s1. The first-order chi connectivity index (χ1) is 12.3. The number of hydrogen-bond donors (Lipinski definition) is 1. The van der Waals surface area contributed by atoms with E-state index in [9.17, 15) is 4.79 Å². The van der Waals surface area contributed by atoms with Gasteiger partial charge < -0.3 is 15.0 Å². The molecule has 2 amide bonds. The topological polar surface area (TPSA) is 54.5 Å². The number of ether oxygens (including phenoxy) is 1. The van der Waals surface area contributed by atoms with Crippen LogP contribution < -0.4 is 5.32 Å². The first-order valence-corrected chi connectivity index (χ1v) is 9.88. The smallest absolute Gasteiger partial charge is 0.321 e. The van der Waals surface area contributed by atoms with Gasteiger partial charge in [0, 0.05) is 36.3 Å². The summed E-state index contributed by atoms with van der Waals surface area (Å²) in [5.41, 5.74) is 4.67. The number of rotatable bonds is 6. The zero-order valence-electron chi connectivity index (χ0n) is 14.2. The van der Waals surface area contributed by atoms with Crippen molar-refractivity contribution in [1.82, 2.24) is 9.88 Å². The molecule has 5 nitrogen and oxygen atoms in total. The van der Waals surface area contributed by atoms with Gasteiger partial charge in [-0.25, -0.2) is 9.78 Å². The van der Waals surface area contributed by atoms with Crippen LogP contribution >= 0.6 is 11.3 Å². The zero-order valence-corrected chi connectivity index (χ0v) is 15.0. The molecular formula is C19H23N3O2S. The number of hydrogen-bond acceptors (Lipinski definition) is 4. The molecule has 1 aromatic carbocycles. The number of benzene rings is 1. The Bertz CT molecular complexity index is 692. The van der Waals surface area contributed by atoms with Crippen LogP contribution in [-0.2, 0) is 4.74 Å². The Morgan fingerprint density at radius 3 is 2.72 bits per heavy atom. The number of anilines is 1. The van der Waals surface area contributed by atoms with Crippen molar-refractivity contribution in [3.63, 3.8) is 0 Å². The second-order valence-electron chi connectivity index (χ2n) is 6.86. The fraction of sp³-hybridized carbons (Fsp3) is 0.474. The minimum Gasteiger partial charge on any atom is -0.376 e. The van der Waals surface area contributed by atoms with Gasteiger partial charge in [0.05, 0.1) is 17.3 Å². The van der Waals surface area contributed by atoms with Gasteiger partial charge in [0.1, 0.15) is 0 Å². The van der Waals surface area contributed by atoms with Crippen LogP contribution in [0.3, 0.4) is 0 Å². The van der Waals surface area contributed by atoms with Gasteiger partial charge in [0.15, 0.2) is 0 Å². The molecule has 0 unspecified atom stereocenters. The second kappa shape index (κ2) is 7.54. The largest absolute Gasteiger partial charge is 0.376 e. The van der Waals surface area contributed by atoms with E-state index in [2.05, 4.69) is 10.3 Å². The van der Waals surface area contributed by atoms with E-state index >= 15 is 0 Å². The normalized spacial score (nSPS) is 19.8. The summed E-state index contributed by atoms with van der Waals surface area (Å²) in [6.45, 7) is 2.35. The number of aromatic nitrogens is 1. The lowest BCUT2D eigenvalue weighted by Gasteiger charge is -2.25. The number of urea groups is 1. The van der Waals surface area contributed by atoms with Crippen molar-refractivity contribution >= 4 is 23.1 Å². The zero-order chi connectivity index (χ0) is 17.1. The molecule has 2 fully saturated rings. The molecule has 4 rings (SSSR count). The summed E-state index contributed by atoms with van der Waals surface area (Å²) < 4.78 is 5.72. The van der Waals surface area contributed by atoms with E-state index < -0.39 is 0 Å².